The fraction of sp³-hybridized carbons (Fsp3) is 0.364. The smallest absolute Gasteiger partial charge is 0.321 e. The molecule has 0 aliphatic carbocycles. The number of amides is 2. The van der Waals surface area contributed by atoms with Crippen molar-refractivity contribution in [2.45, 2.75) is 39.0 Å². The fourth-order valence-electron chi connectivity index (χ4n) is 2.90. The molecule has 2 aromatic rings. The molecule has 0 bridgehead atoms. The summed E-state index contributed by atoms with van der Waals surface area (Å²) in [6.07, 6.45) is 3.41. The molecule has 0 atom stereocenters. The molecule has 0 saturated carbocycles. The summed E-state index contributed by atoms with van der Waals surface area (Å²) in [7, 11) is 1.72. The number of unbranched alkanes of at least 4 members (excludes halogenated alkanes) is 2. The van der Waals surface area contributed by atoms with E-state index in [0.717, 1.165) is 36.1 Å². The topological polar surface area (TPSA) is 89.9 Å². The van der Waals surface area contributed by atoms with Crippen molar-refractivity contribution < 1.29 is 19.8 Å². The molecule has 28 heavy (non-hydrogen) atoms. The standard InChI is InChI=1S/C22H28N2O4/c1-3-4-5-13-23-22(28)24(2)19-8-6-7-17(14-19)18-10-9-16(20(25)15-18)11-12-21(26)27/h6-10,14-15,25H,3-5,11-13H2,1-2H3,(H,23,28)(H,26,27). The van der Waals surface area contributed by atoms with Crippen molar-refractivity contribution in [3.63, 3.8) is 0 Å². The average Bonchev–Trinajstić information content (AvgIpc) is 2.69. The van der Waals surface area contributed by atoms with Crippen molar-refractivity contribution in [2.75, 3.05) is 18.5 Å². The van der Waals surface area contributed by atoms with Gasteiger partial charge in [0.2, 0.25) is 0 Å². The lowest BCUT2D eigenvalue weighted by Gasteiger charge is -2.19. The molecule has 0 radical (unpaired) electrons. The summed E-state index contributed by atoms with van der Waals surface area (Å²) in [5, 5.41) is 21.9. The number of carbonyl (C=O) groups excluding carboxylic acids is 1. The van der Waals surface area contributed by atoms with Gasteiger partial charge in [-0.15, -0.1) is 0 Å². The van der Waals surface area contributed by atoms with Gasteiger partial charge in [-0.05, 0) is 47.7 Å². The quantitative estimate of drug-likeness (QED) is 0.559. The first-order valence-electron chi connectivity index (χ1n) is 9.58. The first-order chi connectivity index (χ1) is 13.4. The van der Waals surface area contributed by atoms with Crippen molar-refractivity contribution in [2.24, 2.45) is 0 Å². The summed E-state index contributed by atoms with van der Waals surface area (Å²) in [6.45, 7) is 2.78. The lowest BCUT2D eigenvalue weighted by molar-refractivity contribution is -0.136. The first-order valence-corrected chi connectivity index (χ1v) is 9.58. The number of rotatable bonds is 9. The summed E-state index contributed by atoms with van der Waals surface area (Å²) < 4.78 is 0. The average molecular weight is 384 g/mol. The molecule has 0 saturated heterocycles. The number of hydrogen-bond donors (Lipinski definition) is 3. The van der Waals surface area contributed by atoms with E-state index in [0.29, 0.717) is 12.1 Å². The highest BCUT2D eigenvalue weighted by Crippen LogP contribution is 2.29. The van der Waals surface area contributed by atoms with Crippen molar-refractivity contribution in [3.8, 4) is 16.9 Å². The van der Waals surface area contributed by atoms with E-state index >= 15 is 0 Å². The Morgan fingerprint density at radius 3 is 2.50 bits per heavy atom. The predicted molar refractivity (Wildman–Crippen MR) is 111 cm³/mol. The van der Waals surface area contributed by atoms with Gasteiger partial charge in [-0.3, -0.25) is 9.69 Å². The second kappa shape index (κ2) is 10.3. The third-order valence-electron chi connectivity index (χ3n) is 4.62. The van der Waals surface area contributed by atoms with Gasteiger partial charge in [0.1, 0.15) is 5.75 Å². The molecule has 2 rings (SSSR count). The number of aryl methyl sites for hydroxylation is 1. The molecule has 0 aromatic heterocycles. The number of carboxylic acid groups (broad SMARTS) is 1. The predicted octanol–water partition coefficient (Wildman–Crippen LogP) is 4.41. The van der Waals surface area contributed by atoms with E-state index in [-0.39, 0.29) is 24.6 Å². The SMILES string of the molecule is CCCCCNC(=O)N(C)c1cccc(-c2ccc(CCC(=O)O)c(O)c2)c1. The number of nitrogens with one attached hydrogen (secondary N) is 1. The Morgan fingerprint density at radius 2 is 1.82 bits per heavy atom. The molecular weight excluding hydrogens is 356 g/mol. The van der Waals surface area contributed by atoms with Crippen LogP contribution in [0.2, 0.25) is 0 Å². The molecule has 0 unspecified atom stereocenters. The minimum absolute atomic E-state index is 0.0272. The molecule has 0 heterocycles. The molecule has 3 N–H and O–H groups in total. The molecule has 0 fully saturated rings. The second-order valence-corrected chi connectivity index (χ2v) is 6.79. The monoisotopic (exact) mass is 384 g/mol. The number of hydrogen-bond acceptors (Lipinski definition) is 3. The number of aromatic hydroxyl groups is 1. The highest BCUT2D eigenvalue weighted by atomic mass is 16.4. The van der Waals surface area contributed by atoms with Crippen LogP contribution in [0.4, 0.5) is 10.5 Å². The van der Waals surface area contributed by atoms with E-state index in [1.54, 1.807) is 24.1 Å². The van der Waals surface area contributed by atoms with Crippen LogP contribution in [-0.2, 0) is 11.2 Å². The van der Waals surface area contributed by atoms with E-state index < -0.39 is 5.97 Å². The van der Waals surface area contributed by atoms with Crippen LogP contribution in [0.5, 0.6) is 5.75 Å². The summed E-state index contributed by atoms with van der Waals surface area (Å²) in [4.78, 5) is 24.6. The van der Waals surface area contributed by atoms with Gasteiger partial charge < -0.3 is 15.5 Å². The highest BCUT2D eigenvalue weighted by Gasteiger charge is 2.12. The Labute approximate surface area is 165 Å². The van der Waals surface area contributed by atoms with Gasteiger partial charge in [0.15, 0.2) is 0 Å². The second-order valence-electron chi connectivity index (χ2n) is 6.79. The molecular formula is C22H28N2O4. The van der Waals surface area contributed by atoms with Gasteiger partial charge in [-0.1, -0.05) is 44.0 Å². The molecule has 0 spiro atoms. The Balaban J connectivity index is 2.10. The molecule has 150 valence electrons. The maximum Gasteiger partial charge on any atom is 0.321 e. The number of urea groups is 1. The third kappa shape index (κ3) is 6.01. The number of phenolic OH excluding ortho intramolecular Hbond substituents is 1. The zero-order valence-electron chi connectivity index (χ0n) is 16.4. The van der Waals surface area contributed by atoms with Crippen LogP contribution in [0.1, 0.15) is 38.2 Å². The Bertz CT molecular complexity index is 820. The van der Waals surface area contributed by atoms with Gasteiger partial charge in [0, 0.05) is 25.7 Å². The van der Waals surface area contributed by atoms with Gasteiger partial charge in [0.05, 0.1) is 0 Å². The lowest BCUT2D eigenvalue weighted by atomic mass is 10.0. The molecule has 6 nitrogen and oxygen atoms in total. The Kier molecular flexibility index (Phi) is 7.87. The number of benzene rings is 2. The van der Waals surface area contributed by atoms with Crippen molar-refractivity contribution in [1.82, 2.24) is 5.32 Å². The first kappa shape index (κ1) is 21.3. The highest BCUT2D eigenvalue weighted by molar-refractivity contribution is 5.92. The largest absolute Gasteiger partial charge is 0.508 e. The van der Waals surface area contributed by atoms with Gasteiger partial charge in [0.25, 0.3) is 0 Å². The van der Waals surface area contributed by atoms with Crippen LogP contribution >= 0.6 is 0 Å². The number of carbonyl (C=O) groups is 2. The van der Waals surface area contributed by atoms with E-state index in [1.165, 1.54) is 0 Å². The molecule has 6 heteroatoms. The number of aliphatic carboxylic acids is 1. The maximum atomic E-state index is 12.3. The Hall–Kier alpha value is -3.02. The minimum atomic E-state index is -0.896. The summed E-state index contributed by atoms with van der Waals surface area (Å²) >= 11 is 0. The lowest BCUT2D eigenvalue weighted by Crippen LogP contribution is -2.37. The van der Waals surface area contributed by atoms with Crippen LogP contribution in [0.15, 0.2) is 42.5 Å². The van der Waals surface area contributed by atoms with Crippen LogP contribution in [0, 0.1) is 0 Å². The van der Waals surface area contributed by atoms with Crippen LogP contribution in [0.3, 0.4) is 0 Å². The zero-order valence-corrected chi connectivity index (χ0v) is 16.4. The van der Waals surface area contributed by atoms with Crippen molar-refractivity contribution >= 4 is 17.7 Å². The molecule has 0 aliphatic rings. The van der Waals surface area contributed by atoms with E-state index in [4.69, 9.17) is 5.11 Å². The number of phenols is 1. The molecule has 0 aliphatic heterocycles. The normalized spacial score (nSPS) is 10.5. The fourth-order valence-corrected chi connectivity index (χ4v) is 2.90. The molecule has 2 aromatic carbocycles. The number of nitrogens with zero attached hydrogens (tertiary/aromatic N) is 1. The number of anilines is 1. The maximum absolute atomic E-state index is 12.3. The van der Waals surface area contributed by atoms with Crippen LogP contribution in [-0.4, -0.2) is 35.8 Å². The third-order valence-corrected chi connectivity index (χ3v) is 4.62. The van der Waals surface area contributed by atoms with Crippen LogP contribution < -0.4 is 10.2 Å². The van der Waals surface area contributed by atoms with Crippen molar-refractivity contribution in [3.05, 3.63) is 48.0 Å². The summed E-state index contributed by atoms with van der Waals surface area (Å²) in [6, 6.07) is 12.6. The Morgan fingerprint density at radius 1 is 1.07 bits per heavy atom. The zero-order chi connectivity index (χ0) is 20.5. The number of carboxylic acids is 1. The van der Waals surface area contributed by atoms with Gasteiger partial charge >= 0.3 is 12.0 Å². The van der Waals surface area contributed by atoms with Gasteiger partial charge in [-0.25, -0.2) is 4.79 Å². The van der Waals surface area contributed by atoms with E-state index in [1.807, 2.05) is 30.3 Å². The summed E-state index contributed by atoms with van der Waals surface area (Å²) in [5.41, 5.74) is 3.02. The van der Waals surface area contributed by atoms with Crippen LogP contribution in [0.25, 0.3) is 11.1 Å². The van der Waals surface area contributed by atoms with Gasteiger partial charge in [-0.2, -0.15) is 0 Å². The summed E-state index contributed by atoms with van der Waals surface area (Å²) in [5.74, 6) is -0.821. The van der Waals surface area contributed by atoms with Crippen molar-refractivity contribution in [1.29, 1.82) is 0 Å². The van der Waals surface area contributed by atoms with E-state index in [2.05, 4.69) is 12.2 Å². The van der Waals surface area contributed by atoms with E-state index in [9.17, 15) is 14.7 Å². The molecule has 2 amide bonds. The minimum Gasteiger partial charge on any atom is -0.508 e.